The SMILES string of the molecule is O=C(Cc1ccc(C(F)(F)F)cc1C(F)(F)F)N(Cc1nnc(-c2ccc(C3CCCNC3)nn2)o1)c1ccc(F)cc1. The van der Waals surface area contributed by atoms with Crippen molar-refractivity contribution in [1.82, 2.24) is 25.7 Å². The first-order chi connectivity index (χ1) is 20.4. The van der Waals surface area contributed by atoms with Crippen molar-refractivity contribution < 1.29 is 39.9 Å². The van der Waals surface area contributed by atoms with E-state index in [1.165, 1.54) is 12.1 Å². The van der Waals surface area contributed by atoms with Gasteiger partial charge in [0.05, 0.1) is 23.2 Å². The largest absolute Gasteiger partial charge is 0.417 e. The Bertz CT molecular complexity index is 1560. The number of alkyl halides is 6. The van der Waals surface area contributed by atoms with Gasteiger partial charge >= 0.3 is 12.4 Å². The van der Waals surface area contributed by atoms with Gasteiger partial charge in [0.2, 0.25) is 11.8 Å². The normalized spacial score (nSPS) is 15.8. The van der Waals surface area contributed by atoms with Gasteiger partial charge < -0.3 is 14.6 Å². The average Bonchev–Trinajstić information content (AvgIpc) is 3.45. The Labute approximate surface area is 239 Å². The van der Waals surface area contributed by atoms with Crippen LogP contribution in [0.1, 0.15) is 47.0 Å². The molecule has 0 aliphatic carbocycles. The van der Waals surface area contributed by atoms with Crippen LogP contribution in [0.2, 0.25) is 0 Å². The quantitative estimate of drug-likeness (QED) is 0.259. The van der Waals surface area contributed by atoms with Crippen LogP contribution in [-0.2, 0) is 30.1 Å². The number of rotatable bonds is 7. The summed E-state index contributed by atoms with van der Waals surface area (Å²) in [4.78, 5) is 14.3. The number of amides is 1. The molecular formula is C28H23F7N6O2. The second-order valence-electron chi connectivity index (χ2n) is 9.89. The van der Waals surface area contributed by atoms with Crippen molar-refractivity contribution in [2.45, 2.75) is 44.1 Å². The van der Waals surface area contributed by atoms with Crippen LogP contribution in [0.15, 0.2) is 59.0 Å². The maximum atomic E-state index is 13.7. The van der Waals surface area contributed by atoms with Crippen LogP contribution in [-0.4, -0.2) is 39.4 Å². The van der Waals surface area contributed by atoms with Gasteiger partial charge in [0, 0.05) is 18.2 Å². The molecular weight excluding hydrogens is 585 g/mol. The Kier molecular flexibility index (Phi) is 8.44. The number of halogens is 7. The number of hydrogen-bond acceptors (Lipinski definition) is 7. The molecule has 1 unspecified atom stereocenters. The average molecular weight is 609 g/mol. The zero-order chi connectivity index (χ0) is 30.8. The summed E-state index contributed by atoms with van der Waals surface area (Å²) in [5.74, 6) is -1.51. The summed E-state index contributed by atoms with van der Waals surface area (Å²) < 4.78 is 99.6. The molecule has 43 heavy (non-hydrogen) atoms. The first-order valence-electron chi connectivity index (χ1n) is 13.1. The minimum absolute atomic E-state index is 0.0237. The van der Waals surface area contributed by atoms with E-state index >= 15 is 0 Å². The third-order valence-electron chi connectivity index (χ3n) is 6.90. The monoisotopic (exact) mass is 608 g/mol. The van der Waals surface area contributed by atoms with Crippen LogP contribution in [0.4, 0.5) is 36.4 Å². The van der Waals surface area contributed by atoms with Crippen LogP contribution in [0.25, 0.3) is 11.6 Å². The Morgan fingerprint density at radius 1 is 0.930 bits per heavy atom. The lowest BCUT2D eigenvalue weighted by Gasteiger charge is -2.23. The summed E-state index contributed by atoms with van der Waals surface area (Å²) in [6.07, 6.45) is -9.12. The van der Waals surface area contributed by atoms with E-state index in [9.17, 15) is 35.5 Å². The number of piperidine rings is 1. The Morgan fingerprint density at radius 2 is 1.70 bits per heavy atom. The molecule has 1 saturated heterocycles. The van der Waals surface area contributed by atoms with Gasteiger partial charge in [0.25, 0.3) is 5.89 Å². The minimum Gasteiger partial charge on any atom is -0.417 e. The van der Waals surface area contributed by atoms with Gasteiger partial charge in [-0.2, -0.15) is 31.4 Å². The van der Waals surface area contributed by atoms with Crippen molar-refractivity contribution in [2.75, 3.05) is 18.0 Å². The summed E-state index contributed by atoms with van der Waals surface area (Å²) in [5, 5.41) is 19.5. The molecule has 1 aliphatic heterocycles. The summed E-state index contributed by atoms with van der Waals surface area (Å²) in [5.41, 5.74) is -2.64. The second-order valence-corrected chi connectivity index (χ2v) is 9.89. The zero-order valence-electron chi connectivity index (χ0n) is 22.2. The van der Waals surface area contributed by atoms with E-state index in [0.29, 0.717) is 12.1 Å². The summed E-state index contributed by atoms with van der Waals surface area (Å²) >= 11 is 0. The molecule has 226 valence electrons. The van der Waals surface area contributed by atoms with Crippen molar-refractivity contribution in [3.63, 3.8) is 0 Å². The number of aromatic nitrogens is 4. The zero-order valence-corrected chi connectivity index (χ0v) is 22.2. The fourth-order valence-corrected chi connectivity index (χ4v) is 4.71. The van der Waals surface area contributed by atoms with Crippen LogP contribution >= 0.6 is 0 Å². The molecule has 1 N–H and O–H groups in total. The maximum absolute atomic E-state index is 13.7. The van der Waals surface area contributed by atoms with Crippen molar-refractivity contribution >= 4 is 11.6 Å². The van der Waals surface area contributed by atoms with Gasteiger partial charge in [-0.1, -0.05) is 6.07 Å². The van der Waals surface area contributed by atoms with E-state index in [-0.39, 0.29) is 35.1 Å². The molecule has 1 fully saturated rings. The summed E-state index contributed by atoms with van der Waals surface area (Å²) in [6, 6.07) is 9.00. The van der Waals surface area contributed by atoms with Gasteiger partial charge in [-0.15, -0.1) is 15.3 Å². The molecule has 4 aromatic rings. The van der Waals surface area contributed by atoms with E-state index in [2.05, 4.69) is 25.7 Å². The van der Waals surface area contributed by atoms with Gasteiger partial charge in [-0.3, -0.25) is 4.79 Å². The highest BCUT2D eigenvalue weighted by Crippen LogP contribution is 2.38. The molecule has 8 nitrogen and oxygen atoms in total. The lowest BCUT2D eigenvalue weighted by atomic mass is 9.96. The Hall–Kier alpha value is -4.40. The van der Waals surface area contributed by atoms with Crippen molar-refractivity contribution in [3.8, 4) is 11.6 Å². The van der Waals surface area contributed by atoms with Crippen molar-refractivity contribution in [1.29, 1.82) is 0 Å². The number of carbonyl (C=O) groups excluding carboxylic acids is 1. The molecule has 0 bridgehead atoms. The third kappa shape index (κ3) is 7.16. The fraction of sp³-hybridized carbons (Fsp3) is 0.321. The molecule has 1 atom stereocenters. The number of anilines is 1. The first-order valence-corrected chi connectivity index (χ1v) is 13.1. The Morgan fingerprint density at radius 3 is 2.33 bits per heavy atom. The molecule has 1 aliphatic rings. The van der Waals surface area contributed by atoms with Gasteiger partial charge in [0.1, 0.15) is 18.1 Å². The molecule has 0 saturated carbocycles. The highest BCUT2D eigenvalue weighted by molar-refractivity contribution is 5.94. The number of nitrogens with zero attached hydrogens (tertiary/aromatic N) is 5. The van der Waals surface area contributed by atoms with Gasteiger partial charge in [-0.25, -0.2) is 4.39 Å². The van der Waals surface area contributed by atoms with Crippen LogP contribution in [0.5, 0.6) is 0 Å². The van der Waals surface area contributed by atoms with Crippen molar-refractivity contribution in [3.05, 3.63) is 88.7 Å². The molecule has 15 heteroatoms. The molecule has 0 spiro atoms. The molecule has 5 rings (SSSR count). The second kappa shape index (κ2) is 12.1. The number of nitrogens with one attached hydrogen (secondary N) is 1. The van der Waals surface area contributed by atoms with Crippen molar-refractivity contribution in [2.24, 2.45) is 0 Å². The lowest BCUT2D eigenvalue weighted by Crippen LogP contribution is -2.32. The lowest BCUT2D eigenvalue weighted by molar-refractivity contribution is -0.143. The number of carbonyl (C=O) groups is 1. The van der Waals surface area contributed by atoms with E-state index in [4.69, 9.17) is 4.42 Å². The third-order valence-corrected chi connectivity index (χ3v) is 6.90. The van der Waals surface area contributed by atoms with E-state index in [1.54, 1.807) is 12.1 Å². The van der Waals surface area contributed by atoms with Crippen LogP contribution in [0.3, 0.4) is 0 Å². The molecule has 0 radical (unpaired) electrons. The van der Waals surface area contributed by atoms with Gasteiger partial charge in [-0.05, 0) is 73.5 Å². The Balaban J connectivity index is 1.39. The van der Waals surface area contributed by atoms with E-state index < -0.39 is 53.7 Å². The first kappa shape index (κ1) is 30.1. The molecule has 2 aromatic heterocycles. The van der Waals surface area contributed by atoms with E-state index in [0.717, 1.165) is 48.7 Å². The highest BCUT2D eigenvalue weighted by atomic mass is 19.4. The summed E-state index contributed by atoms with van der Waals surface area (Å²) in [6.45, 7) is 1.29. The molecule has 1 amide bonds. The molecule has 3 heterocycles. The number of hydrogen-bond donors (Lipinski definition) is 1. The van der Waals surface area contributed by atoms with Crippen LogP contribution < -0.4 is 10.2 Å². The van der Waals surface area contributed by atoms with Gasteiger partial charge in [0.15, 0.2) is 0 Å². The standard InChI is InChI=1S/C28H23F7N6O2/c29-19-5-7-20(8-6-19)41(25(42)12-16-3-4-18(27(30,31)32)13-21(16)28(33,34)35)15-24-39-40-26(43-24)23-10-9-22(37-38-23)17-2-1-11-36-14-17/h3-10,13,17,36H,1-2,11-12,14-15H2. The smallest absolute Gasteiger partial charge is 0.416 e. The maximum Gasteiger partial charge on any atom is 0.416 e. The predicted molar refractivity (Wildman–Crippen MR) is 138 cm³/mol. The molecule has 2 aromatic carbocycles. The number of benzene rings is 2. The minimum atomic E-state index is -5.16. The van der Waals surface area contributed by atoms with E-state index in [1.807, 2.05) is 0 Å². The highest BCUT2D eigenvalue weighted by Gasteiger charge is 2.38. The predicted octanol–water partition coefficient (Wildman–Crippen LogP) is 5.95. The summed E-state index contributed by atoms with van der Waals surface area (Å²) in [7, 11) is 0. The van der Waals surface area contributed by atoms with Crippen LogP contribution in [0, 0.1) is 5.82 Å². The topological polar surface area (TPSA) is 97.0 Å². The fourth-order valence-electron chi connectivity index (χ4n) is 4.71.